The predicted molar refractivity (Wildman–Crippen MR) is 83.7 cm³/mol. The molecule has 8 heteroatoms. The van der Waals surface area contributed by atoms with Gasteiger partial charge in [-0.1, -0.05) is 34.4 Å². The fourth-order valence-corrected chi connectivity index (χ4v) is 1.87. The van der Waals surface area contributed by atoms with Gasteiger partial charge in [-0.05, 0) is 19.1 Å². The number of carbonyl (C=O) groups is 1. The molecule has 1 aromatic carbocycles. The minimum atomic E-state index is -0.626. The zero-order chi connectivity index (χ0) is 16.1. The number of amides is 1. The van der Waals surface area contributed by atoms with Crippen molar-refractivity contribution in [3.8, 4) is 6.07 Å². The van der Waals surface area contributed by atoms with Crippen LogP contribution in [0, 0.1) is 18.3 Å². The van der Waals surface area contributed by atoms with Crippen LogP contribution in [0.2, 0.25) is 10.0 Å². The molecule has 22 heavy (non-hydrogen) atoms. The summed E-state index contributed by atoms with van der Waals surface area (Å²) in [6, 6.07) is 8.21. The van der Waals surface area contributed by atoms with E-state index in [4.69, 9.17) is 33.0 Å². The SMILES string of the molecule is Cc1cc(N/C=C(/C#N)C(=O)Nc2cccc(Cl)c2Cl)no1. The Morgan fingerprint density at radius 2 is 2.23 bits per heavy atom. The molecule has 0 bridgehead atoms. The summed E-state index contributed by atoms with van der Waals surface area (Å²) in [6.45, 7) is 1.72. The second kappa shape index (κ2) is 6.98. The highest BCUT2D eigenvalue weighted by Crippen LogP contribution is 2.29. The average Bonchev–Trinajstić information content (AvgIpc) is 2.90. The van der Waals surface area contributed by atoms with Gasteiger partial charge in [0.25, 0.3) is 5.91 Å². The molecule has 0 saturated carbocycles. The maximum Gasteiger partial charge on any atom is 0.267 e. The van der Waals surface area contributed by atoms with Crippen molar-refractivity contribution in [1.29, 1.82) is 5.26 Å². The van der Waals surface area contributed by atoms with Gasteiger partial charge in [0.2, 0.25) is 0 Å². The van der Waals surface area contributed by atoms with Gasteiger partial charge in [0.15, 0.2) is 5.82 Å². The van der Waals surface area contributed by atoms with Crippen molar-refractivity contribution < 1.29 is 9.32 Å². The summed E-state index contributed by atoms with van der Waals surface area (Å²) < 4.78 is 4.86. The van der Waals surface area contributed by atoms with Crippen LogP contribution < -0.4 is 10.6 Å². The van der Waals surface area contributed by atoms with Gasteiger partial charge in [0.05, 0.1) is 15.7 Å². The van der Waals surface area contributed by atoms with E-state index in [0.29, 0.717) is 22.3 Å². The Morgan fingerprint density at radius 3 is 2.86 bits per heavy atom. The van der Waals surface area contributed by atoms with Gasteiger partial charge in [-0.2, -0.15) is 5.26 Å². The van der Waals surface area contributed by atoms with E-state index in [9.17, 15) is 4.79 Å². The number of aryl methyl sites for hydroxylation is 1. The minimum absolute atomic E-state index is 0.156. The Balaban J connectivity index is 2.12. The number of benzene rings is 1. The first-order valence-corrected chi connectivity index (χ1v) is 6.82. The highest BCUT2D eigenvalue weighted by atomic mass is 35.5. The first kappa shape index (κ1) is 15.9. The van der Waals surface area contributed by atoms with Crippen molar-refractivity contribution in [3.63, 3.8) is 0 Å². The molecule has 0 aliphatic heterocycles. The predicted octanol–water partition coefficient (Wildman–Crippen LogP) is 3.75. The summed E-state index contributed by atoms with van der Waals surface area (Å²) in [5.41, 5.74) is 0.161. The molecule has 2 rings (SSSR count). The fourth-order valence-electron chi connectivity index (χ4n) is 1.52. The molecule has 0 saturated heterocycles. The Labute approximate surface area is 136 Å². The van der Waals surface area contributed by atoms with E-state index < -0.39 is 5.91 Å². The molecule has 0 radical (unpaired) electrons. The number of hydrogen-bond acceptors (Lipinski definition) is 5. The second-order valence-corrected chi connectivity index (χ2v) is 4.98. The number of halogens is 2. The van der Waals surface area contributed by atoms with Crippen molar-refractivity contribution in [2.75, 3.05) is 10.6 Å². The van der Waals surface area contributed by atoms with E-state index in [1.54, 1.807) is 37.3 Å². The largest absolute Gasteiger partial charge is 0.360 e. The van der Waals surface area contributed by atoms with E-state index in [1.807, 2.05) is 0 Å². The van der Waals surface area contributed by atoms with Crippen molar-refractivity contribution in [1.82, 2.24) is 5.16 Å². The Hall–Kier alpha value is -2.49. The molecule has 0 aliphatic rings. The first-order valence-electron chi connectivity index (χ1n) is 6.06. The molecule has 112 valence electrons. The summed E-state index contributed by atoms with van der Waals surface area (Å²) in [6.07, 6.45) is 1.23. The monoisotopic (exact) mass is 336 g/mol. The molecule has 1 heterocycles. The molecule has 0 spiro atoms. The molecule has 2 N–H and O–H groups in total. The lowest BCUT2D eigenvalue weighted by Crippen LogP contribution is -2.15. The molecule has 0 aliphatic carbocycles. The van der Waals surface area contributed by atoms with Crippen molar-refractivity contribution >= 4 is 40.6 Å². The van der Waals surface area contributed by atoms with Crippen LogP contribution in [0.3, 0.4) is 0 Å². The number of aromatic nitrogens is 1. The summed E-state index contributed by atoms with van der Waals surface area (Å²) in [7, 11) is 0. The highest BCUT2D eigenvalue weighted by Gasteiger charge is 2.12. The number of hydrogen-bond donors (Lipinski definition) is 2. The van der Waals surface area contributed by atoms with Crippen LogP contribution in [0.1, 0.15) is 5.76 Å². The number of nitrogens with one attached hydrogen (secondary N) is 2. The Morgan fingerprint density at radius 1 is 1.45 bits per heavy atom. The topological polar surface area (TPSA) is 91.0 Å². The normalized spacial score (nSPS) is 10.9. The molecule has 1 amide bonds. The molecule has 0 unspecified atom stereocenters. The van der Waals surface area contributed by atoms with Crippen LogP contribution >= 0.6 is 23.2 Å². The van der Waals surface area contributed by atoms with Crippen LogP contribution in [-0.2, 0) is 4.79 Å². The Bertz CT molecular complexity index is 777. The number of nitriles is 1. The average molecular weight is 337 g/mol. The first-order chi connectivity index (χ1) is 10.5. The minimum Gasteiger partial charge on any atom is -0.360 e. The third-order valence-electron chi connectivity index (χ3n) is 2.56. The van der Waals surface area contributed by atoms with Crippen LogP contribution in [0.4, 0.5) is 11.5 Å². The maximum absolute atomic E-state index is 12.0. The zero-order valence-electron chi connectivity index (χ0n) is 11.4. The molecule has 1 aromatic heterocycles. The van der Waals surface area contributed by atoms with Gasteiger partial charge >= 0.3 is 0 Å². The number of rotatable bonds is 4. The number of nitrogens with zero attached hydrogens (tertiary/aromatic N) is 2. The molecule has 6 nitrogen and oxygen atoms in total. The van der Waals surface area contributed by atoms with Gasteiger partial charge < -0.3 is 15.2 Å². The van der Waals surface area contributed by atoms with Gasteiger partial charge in [-0.25, -0.2) is 0 Å². The van der Waals surface area contributed by atoms with Crippen LogP contribution in [0.5, 0.6) is 0 Å². The molecular formula is C14H10Cl2N4O2. The third-order valence-corrected chi connectivity index (χ3v) is 3.38. The summed E-state index contributed by atoms with van der Waals surface area (Å²) in [5, 5.41) is 18.5. The highest BCUT2D eigenvalue weighted by molar-refractivity contribution is 6.44. The lowest BCUT2D eigenvalue weighted by atomic mass is 10.2. The lowest BCUT2D eigenvalue weighted by Gasteiger charge is -2.07. The van der Waals surface area contributed by atoms with Crippen LogP contribution in [0.25, 0.3) is 0 Å². The number of anilines is 2. The van der Waals surface area contributed by atoms with E-state index in [2.05, 4.69) is 15.8 Å². The van der Waals surface area contributed by atoms with Gasteiger partial charge in [-0.3, -0.25) is 4.79 Å². The lowest BCUT2D eigenvalue weighted by molar-refractivity contribution is -0.112. The van der Waals surface area contributed by atoms with Crippen LogP contribution in [-0.4, -0.2) is 11.1 Å². The molecule has 0 atom stereocenters. The van der Waals surface area contributed by atoms with E-state index in [-0.39, 0.29) is 10.6 Å². The summed E-state index contributed by atoms with van der Waals surface area (Å²) in [4.78, 5) is 12.0. The van der Waals surface area contributed by atoms with E-state index >= 15 is 0 Å². The summed E-state index contributed by atoms with van der Waals surface area (Å²) in [5.74, 6) is 0.364. The van der Waals surface area contributed by atoms with Gasteiger partial charge in [-0.15, -0.1) is 0 Å². The van der Waals surface area contributed by atoms with Crippen molar-refractivity contribution in [3.05, 3.63) is 51.8 Å². The smallest absolute Gasteiger partial charge is 0.267 e. The molecule has 2 aromatic rings. The zero-order valence-corrected chi connectivity index (χ0v) is 12.9. The summed E-state index contributed by atoms with van der Waals surface area (Å²) >= 11 is 11.8. The molecule has 0 fully saturated rings. The fraction of sp³-hybridized carbons (Fsp3) is 0.0714. The number of carbonyl (C=O) groups excluding carboxylic acids is 1. The second-order valence-electron chi connectivity index (χ2n) is 4.19. The van der Waals surface area contributed by atoms with Gasteiger partial charge in [0.1, 0.15) is 17.4 Å². The van der Waals surface area contributed by atoms with Crippen molar-refractivity contribution in [2.45, 2.75) is 6.92 Å². The Kier molecular flexibility index (Phi) is 5.04. The molecular weight excluding hydrogens is 327 g/mol. The van der Waals surface area contributed by atoms with E-state index in [0.717, 1.165) is 0 Å². The standard InChI is InChI=1S/C14H10Cl2N4O2/c1-8-5-12(20-22-8)18-7-9(6-17)14(21)19-11-4-2-3-10(15)13(11)16/h2-5,7H,1H3,(H,18,20)(H,19,21)/b9-7-. The van der Waals surface area contributed by atoms with Gasteiger partial charge in [0, 0.05) is 12.3 Å². The third kappa shape index (κ3) is 3.79. The van der Waals surface area contributed by atoms with Crippen LogP contribution in [0.15, 0.2) is 40.6 Å². The quantitative estimate of drug-likeness (QED) is 0.655. The van der Waals surface area contributed by atoms with Crippen molar-refractivity contribution in [2.24, 2.45) is 0 Å². The maximum atomic E-state index is 12.0. The van der Waals surface area contributed by atoms with E-state index in [1.165, 1.54) is 6.20 Å².